The van der Waals surface area contributed by atoms with Gasteiger partial charge in [0.05, 0.1) is 18.3 Å². The lowest BCUT2D eigenvalue weighted by atomic mass is 9.61. The van der Waals surface area contributed by atoms with Crippen molar-refractivity contribution >= 4 is 5.78 Å². The van der Waals surface area contributed by atoms with Crippen LogP contribution in [-0.2, 0) is 4.79 Å². The second-order valence-corrected chi connectivity index (χ2v) is 14.4. The van der Waals surface area contributed by atoms with Crippen LogP contribution in [0.15, 0.2) is 47.6 Å². The quantitative estimate of drug-likeness (QED) is 0.146. The SMILES string of the molecule is C=C1/C(=C\C=C2/CCC[C@]3(C)[C@@H]([C@H](C)/C=C/[C@@H](O)CCC4(C(=O)CCCCCCC)CC4)CC[C@@H]23)C[C@@H](O)C[C@@H]1O. The first-order chi connectivity index (χ1) is 19.6. The Morgan fingerprint density at radius 1 is 1.07 bits per heavy atom. The molecule has 4 saturated carbocycles. The summed E-state index contributed by atoms with van der Waals surface area (Å²) in [5, 5.41) is 31.2. The number of carbonyl (C=O) groups excluding carboxylic acids is 1. The van der Waals surface area contributed by atoms with Gasteiger partial charge in [0.15, 0.2) is 0 Å². The second-order valence-electron chi connectivity index (χ2n) is 14.4. The zero-order valence-electron chi connectivity index (χ0n) is 26.3. The van der Waals surface area contributed by atoms with E-state index in [0.29, 0.717) is 42.8 Å². The van der Waals surface area contributed by atoms with E-state index in [9.17, 15) is 20.1 Å². The summed E-state index contributed by atoms with van der Waals surface area (Å²) in [5.74, 6) is 2.00. The van der Waals surface area contributed by atoms with Gasteiger partial charge in [-0.15, -0.1) is 0 Å². The molecule has 230 valence electrons. The molecule has 0 radical (unpaired) electrons. The molecule has 4 nitrogen and oxygen atoms in total. The average molecular weight is 567 g/mol. The first-order valence-corrected chi connectivity index (χ1v) is 16.9. The van der Waals surface area contributed by atoms with Crippen LogP contribution in [0.2, 0.25) is 0 Å². The van der Waals surface area contributed by atoms with Crippen molar-refractivity contribution in [1.29, 1.82) is 0 Å². The van der Waals surface area contributed by atoms with E-state index < -0.39 is 18.3 Å². The summed E-state index contributed by atoms with van der Waals surface area (Å²) in [7, 11) is 0. The van der Waals surface area contributed by atoms with Gasteiger partial charge in [0.25, 0.3) is 0 Å². The third kappa shape index (κ3) is 7.92. The predicted molar refractivity (Wildman–Crippen MR) is 168 cm³/mol. The summed E-state index contributed by atoms with van der Waals surface area (Å²) >= 11 is 0. The summed E-state index contributed by atoms with van der Waals surface area (Å²) in [4.78, 5) is 12.9. The molecular formula is C37H58O4. The normalized spacial score (nSPS) is 34.7. The summed E-state index contributed by atoms with van der Waals surface area (Å²) in [6, 6.07) is 0. The van der Waals surface area contributed by atoms with Gasteiger partial charge in [0, 0.05) is 18.3 Å². The molecule has 4 fully saturated rings. The standard InChI is InChI=1S/C37H58O4/c1-5-6-7-8-9-12-35(41)37(22-23-37)21-19-30(38)16-13-26(2)32-17-18-33-28(11-10-20-36(32,33)4)14-15-29-24-31(39)25-34(40)27(29)3/h13-16,26,30-34,38-40H,3,5-12,17-25H2,1-2,4H3/b16-13+,28-14+,29-15-/t26-,30-,31-,32-,33+,34+,36-/m1/s1. The van der Waals surface area contributed by atoms with E-state index >= 15 is 0 Å². The number of hydrogen-bond donors (Lipinski definition) is 3. The Labute approximate surface area is 250 Å². The van der Waals surface area contributed by atoms with Crippen molar-refractivity contribution < 1.29 is 20.1 Å². The average Bonchev–Trinajstić information content (AvgIpc) is 3.65. The molecule has 0 aromatic heterocycles. The lowest BCUT2D eigenvalue weighted by Gasteiger charge is -2.44. The van der Waals surface area contributed by atoms with E-state index in [1.165, 1.54) is 56.9 Å². The van der Waals surface area contributed by atoms with Gasteiger partial charge in [-0.25, -0.2) is 0 Å². The van der Waals surface area contributed by atoms with E-state index in [2.05, 4.69) is 45.6 Å². The zero-order valence-corrected chi connectivity index (χ0v) is 26.3. The molecule has 0 aliphatic heterocycles. The lowest BCUT2D eigenvalue weighted by molar-refractivity contribution is -0.124. The Kier molecular flexibility index (Phi) is 11.3. The number of ketones is 1. The maximum Gasteiger partial charge on any atom is 0.139 e. The molecule has 0 unspecified atom stereocenters. The zero-order chi connectivity index (χ0) is 29.6. The highest BCUT2D eigenvalue weighted by Crippen LogP contribution is 2.59. The highest BCUT2D eigenvalue weighted by atomic mass is 16.3. The molecule has 41 heavy (non-hydrogen) atoms. The Bertz CT molecular complexity index is 1000. The van der Waals surface area contributed by atoms with Crippen molar-refractivity contribution in [1.82, 2.24) is 0 Å². The number of unbranched alkanes of at least 4 members (excludes halogenated alkanes) is 4. The number of aliphatic hydroxyl groups is 3. The van der Waals surface area contributed by atoms with Crippen molar-refractivity contribution in [2.45, 2.75) is 148 Å². The largest absolute Gasteiger partial charge is 0.393 e. The number of carbonyl (C=O) groups is 1. The third-order valence-corrected chi connectivity index (χ3v) is 11.4. The molecule has 0 spiro atoms. The van der Waals surface area contributed by atoms with Crippen LogP contribution < -0.4 is 0 Å². The monoisotopic (exact) mass is 566 g/mol. The Hall–Kier alpha value is -1.49. The molecule has 4 rings (SSSR count). The van der Waals surface area contributed by atoms with Crippen molar-refractivity contribution in [3.63, 3.8) is 0 Å². The van der Waals surface area contributed by atoms with E-state index in [4.69, 9.17) is 0 Å². The molecule has 0 saturated heterocycles. The third-order valence-electron chi connectivity index (χ3n) is 11.4. The molecule has 4 heteroatoms. The number of allylic oxidation sites excluding steroid dienone is 4. The molecular weight excluding hydrogens is 508 g/mol. The van der Waals surface area contributed by atoms with E-state index in [0.717, 1.165) is 49.7 Å². The Balaban J connectivity index is 1.29. The topological polar surface area (TPSA) is 77.8 Å². The predicted octanol–water partition coefficient (Wildman–Crippen LogP) is 8.17. The van der Waals surface area contributed by atoms with Crippen LogP contribution in [0.25, 0.3) is 0 Å². The molecule has 4 aliphatic carbocycles. The summed E-state index contributed by atoms with van der Waals surface area (Å²) in [5.41, 5.74) is 3.38. The van der Waals surface area contributed by atoms with E-state index in [1.54, 1.807) is 0 Å². The van der Waals surface area contributed by atoms with Gasteiger partial charge in [-0.05, 0) is 105 Å². The molecule has 0 aromatic rings. The number of Topliss-reactive ketones (excluding diaryl/α,β-unsaturated/α-hetero) is 1. The van der Waals surface area contributed by atoms with Crippen LogP contribution in [0.1, 0.15) is 130 Å². The van der Waals surface area contributed by atoms with Crippen LogP contribution in [0.5, 0.6) is 0 Å². The first-order valence-electron chi connectivity index (χ1n) is 16.9. The van der Waals surface area contributed by atoms with Gasteiger partial charge in [0.2, 0.25) is 0 Å². The molecule has 0 heterocycles. The fraction of sp³-hybridized carbons (Fsp3) is 0.757. The van der Waals surface area contributed by atoms with Crippen molar-refractivity contribution in [3.05, 3.63) is 47.6 Å². The van der Waals surface area contributed by atoms with Crippen molar-refractivity contribution in [3.8, 4) is 0 Å². The summed E-state index contributed by atoms with van der Waals surface area (Å²) in [6.07, 6.45) is 24.2. The first kappa shape index (κ1) is 32.4. The minimum absolute atomic E-state index is 0.127. The maximum atomic E-state index is 12.9. The minimum atomic E-state index is -0.644. The van der Waals surface area contributed by atoms with Gasteiger partial charge in [0.1, 0.15) is 5.78 Å². The van der Waals surface area contributed by atoms with Gasteiger partial charge in [-0.3, -0.25) is 4.79 Å². The minimum Gasteiger partial charge on any atom is -0.393 e. The van der Waals surface area contributed by atoms with Crippen LogP contribution in [0.4, 0.5) is 0 Å². The number of rotatable bonds is 14. The molecule has 3 N–H and O–H groups in total. The highest BCUT2D eigenvalue weighted by Gasteiger charge is 2.50. The van der Waals surface area contributed by atoms with Crippen LogP contribution in [0.3, 0.4) is 0 Å². The van der Waals surface area contributed by atoms with Gasteiger partial charge < -0.3 is 15.3 Å². The van der Waals surface area contributed by atoms with Crippen LogP contribution in [0, 0.1) is 28.6 Å². The fourth-order valence-corrected chi connectivity index (χ4v) is 8.54. The van der Waals surface area contributed by atoms with Crippen molar-refractivity contribution in [2.24, 2.45) is 28.6 Å². The molecule has 4 aliphatic rings. The summed E-state index contributed by atoms with van der Waals surface area (Å²) < 4.78 is 0. The van der Waals surface area contributed by atoms with E-state index in [1.807, 2.05) is 6.08 Å². The van der Waals surface area contributed by atoms with Crippen molar-refractivity contribution in [2.75, 3.05) is 0 Å². The summed E-state index contributed by atoms with van der Waals surface area (Å²) in [6.45, 7) is 11.1. The van der Waals surface area contributed by atoms with Crippen LogP contribution >= 0.6 is 0 Å². The number of hydrogen-bond acceptors (Lipinski definition) is 4. The van der Waals surface area contributed by atoms with Gasteiger partial charge in [-0.1, -0.05) is 82.9 Å². The second kappa shape index (κ2) is 14.3. The van der Waals surface area contributed by atoms with Gasteiger partial charge >= 0.3 is 0 Å². The Morgan fingerprint density at radius 3 is 2.56 bits per heavy atom. The maximum absolute atomic E-state index is 12.9. The molecule has 0 amide bonds. The number of fused-ring (bicyclic) bond motifs is 1. The highest BCUT2D eigenvalue weighted by molar-refractivity contribution is 5.87. The Morgan fingerprint density at radius 2 is 1.83 bits per heavy atom. The van der Waals surface area contributed by atoms with Gasteiger partial charge in [-0.2, -0.15) is 0 Å². The molecule has 0 aromatic carbocycles. The van der Waals surface area contributed by atoms with E-state index in [-0.39, 0.29) is 10.8 Å². The smallest absolute Gasteiger partial charge is 0.139 e. The van der Waals surface area contributed by atoms with Crippen LogP contribution in [-0.4, -0.2) is 39.4 Å². The number of aliphatic hydroxyl groups excluding tert-OH is 3. The fourth-order valence-electron chi connectivity index (χ4n) is 8.54. The molecule has 0 bridgehead atoms. The molecule has 7 atom stereocenters. The lowest BCUT2D eigenvalue weighted by Crippen LogP contribution is -2.35.